The average Bonchev–Trinajstić information content (AvgIpc) is 3.25. The molecule has 1 aromatic carbocycles. The van der Waals surface area contributed by atoms with E-state index in [9.17, 15) is 30.7 Å². The van der Waals surface area contributed by atoms with E-state index in [0.29, 0.717) is 36.6 Å². The number of aryl methyl sites for hydroxylation is 2. The average molecular weight is 435 g/mol. The Kier molecular flexibility index (Phi) is 4.91. The number of hydrogen-bond acceptors (Lipinski definition) is 2. The lowest BCUT2D eigenvalue weighted by molar-refractivity contribution is -0.348. The third-order valence-corrected chi connectivity index (χ3v) is 6.36. The smallest absolute Gasteiger partial charge is 0.337 e. The van der Waals surface area contributed by atoms with Gasteiger partial charge in [-0.15, -0.1) is 0 Å². The normalized spacial score (nSPS) is 22.8. The number of alkyl halides is 7. The standard InChI is InChI=1S/C20H20F7N3/c1-29-9-7-28-17(29)11-30-8-6-15-14-4-3-13(10-12(14)2-5-16(15)30)18(21,19(22,23)24)20(25,26)27/h3-4,7,9-10,15-16H,2,5-6,8,11H2,1H3/t15-,16?/m0/s1. The van der Waals surface area contributed by atoms with Gasteiger partial charge in [-0.1, -0.05) is 18.2 Å². The van der Waals surface area contributed by atoms with Crippen LogP contribution in [-0.2, 0) is 25.7 Å². The maximum atomic E-state index is 14.4. The third-order valence-electron chi connectivity index (χ3n) is 6.36. The van der Waals surface area contributed by atoms with Crippen LogP contribution in [-0.4, -0.2) is 39.4 Å². The topological polar surface area (TPSA) is 21.1 Å². The molecule has 2 aliphatic rings. The lowest BCUT2D eigenvalue weighted by Gasteiger charge is -2.35. The van der Waals surface area contributed by atoms with E-state index >= 15 is 0 Å². The van der Waals surface area contributed by atoms with Crippen LogP contribution in [0.15, 0.2) is 30.6 Å². The number of fused-ring (bicyclic) bond motifs is 3. The van der Waals surface area contributed by atoms with Crippen molar-refractivity contribution in [3.8, 4) is 0 Å². The summed E-state index contributed by atoms with van der Waals surface area (Å²) in [5.41, 5.74) is -5.71. The van der Waals surface area contributed by atoms with E-state index in [1.165, 1.54) is 6.07 Å². The van der Waals surface area contributed by atoms with Crippen molar-refractivity contribution in [2.45, 2.75) is 55.8 Å². The summed E-state index contributed by atoms with van der Waals surface area (Å²) in [5.74, 6) is 0.878. The Balaban J connectivity index is 1.63. The van der Waals surface area contributed by atoms with Gasteiger partial charge in [-0.2, -0.15) is 26.3 Å². The number of imidazole rings is 1. The fourth-order valence-corrected chi connectivity index (χ4v) is 4.78. The van der Waals surface area contributed by atoms with Crippen LogP contribution in [0.2, 0.25) is 0 Å². The number of benzene rings is 1. The van der Waals surface area contributed by atoms with Crippen LogP contribution >= 0.6 is 0 Å². The summed E-state index contributed by atoms with van der Waals surface area (Å²) in [6.45, 7) is 1.37. The minimum Gasteiger partial charge on any atom is -0.337 e. The van der Waals surface area contributed by atoms with Gasteiger partial charge >= 0.3 is 18.0 Å². The van der Waals surface area contributed by atoms with Crippen molar-refractivity contribution in [3.63, 3.8) is 0 Å². The second-order valence-corrected chi connectivity index (χ2v) is 7.99. The second-order valence-electron chi connectivity index (χ2n) is 7.99. The molecular formula is C20H20F7N3. The molecule has 3 nitrogen and oxygen atoms in total. The summed E-state index contributed by atoms with van der Waals surface area (Å²) in [4.78, 5) is 6.56. The number of rotatable bonds is 3. The van der Waals surface area contributed by atoms with E-state index in [1.54, 1.807) is 6.20 Å². The van der Waals surface area contributed by atoms with E-state index in [2.05, 4.69) is 9.88 Å². The predicted molar refractivity (Wildman–Crippen MR) is 94.4 cm³/mol. The van der Waals surface area contributed by atoms with Crippen molar-refractivity contribution in [2.75, 3.05) is 6.54 Å². The van der Waals surface area contributed by atoms with Gasteiger partial charge in [-0.05, 0) is 36.9 Å². The Morgan fingerprint density at radius 3 is 2.33 bits per heavy atom. The first-order chi connectivity index (χ1) is 13.9. The van der Waals surface area contributed by atoms with Gasteiger partial charge in [-0.25, -0.2) is 9.37 Å². The minimum absolute atomic E-state index is 0.00569. The number of likely N-dealkylation sites (tertiary alicyclic amines) is 1. The van der Waals surface area contributed by atoms with Gasteiger partial charge in [0.15, 0.2) is 0 Å². The quantitative estimate of drug-likeness (QED) is 0.632. The lowest BCUT2D eigenvalue weighted by Crippen LogP contribution is -2.50. The maximum absolute atomic E-state index is 14.4. The van der Waals surface area contributed by atoms with Crippen LogP contribution in [0.4, 0.5) is 30.7 Å². The third kappa shape index (κ3) is 3.19. The molecule has 2 heterocycles. The molecule has 0 amide bonds. The lowest BCUT2D eigenvalue weighted by atomic mass is 9.77. The predicted octanol–water partition coefficient (Wildman–Crippen LogP) is 5.01. The van der Waals surface area contributed by atoms with Crippen LogP contribution in [0.25, 0.3) is 0 Å². The molecule has 0 radical (unpaired) electrons. The molecule has 10 heteroatoms. The summed E-state index contributed by atoms with van der Waals surface area (Å²) >= 11 is 0. The van der Waals surface area contributed by atoms with Gasteiger partial charge in [0.25, 0.3) is 0 Å². The van der Waals surface area contributed by atoms with E-state index in [4.69, 9.17) is 0 Å². The molecule has 1 aromatic heterocycles. The molecule has 2 atom stereocenters. The van der Waals surface area contributed by atoms with E-state index in [-0.39, 0.29) is 12.0 Å². The molecule has 1 fully saturated rings. The van der Waals surface area contributed by atoms with Crippen LogP contribution in [0, 0.1) is 0 Å². The number of hydrogen-bond donors (Lipinski definition) is 0. The zero-order chi connectivity index (χ0) is 21.9. The van der Waals surface area contributed by atoms with Crippen molar-refractivity contribution in [2.24, 2.45) is 7.05 Å². The van der Waals surface area contributed by atoms with Gasteiger partial charge in [0, 0.05) is 37.0 Å². The van der Waals surface area contributed by atoms with Crippen molar-refractivity contribution in [1.82, 2.24) is 14.5 Å². The highest BCUT2D eigenvalue weighted by atomic mass is 19.4. The first kappa shape index (κ1) is 21.1. The largest absolute Gasteiger partial charge is 0.435 e. The van der Waals surface area contributed by atoms with E-state index in [1.807, 2.05) is 17.8 Å². The number of aromatic nitrogens is 2. The molecule has 30 heavy (non-hydrogen) atoms. The Labute approximate surface area is 168 Å². The Bertz CT molecular complexity index is 917. The van der Waals surface area contributed by atoms with Crippen LogP contribution in [0.5, 0.6) is 0 Å². The molecule has 0 bridgehead atoms. The van der Waals surface area contributed by atoms with E-state index < -0.39 is 23.6 Å². The van der Waals surface area contributed by atoms with Crippen molar-refractivity contribution in [1.29, 1.82) is 0 Å². The molecular weight excluding hydrogens is 415 g/mol. The minimum atomic E-state index is -6.09. The highest BCUT2D eigenvalue weighted by molar-refractivity contribution is 5.41. The molecule has 4 rings (SSSR count). The first-order valence-electron chi connectivity index (χ1n) is 9.59. The molecule has 0 spiro atoms. The molecule has 0 N–H and O–H groups in total. The van der Waals surface area contributed by atoms with Crippen LogP contribution in [0.3, 0.4) is 0 Å². The zero-order valence-electron chi connectivity index (χ0n) is 16.1. The summed E-state index contributed by atoms with van der Waals surface area (Å²) < 4.78 is 94.9. The van der Waals surface area contributed by atoms with Gasteiger partial charge < -0.3 is 4.57 Å². The maximum Gasteiger partial charge on any atom is 0.435 e. The first-order valence-corrected chi connectivity index (χ1v) is 9.59. The van der Waals surface area contributed by atoms with Crippen molar-refractivity contribution >= 4 is 0 Å². The summed E-state index contributed by atoms with van der Waals surface area (Å²) in [7, 11) is 1.89. The van der Waals surface area contributed by atoms with Gasteiger partial charge in [0.2, 0.25) is 0 Å². The highest BCUT2D eigenvalue weighted by Crippen LogP contribution is 2.54. The molecule has 1 aliphatic heterocycles. The molecule has 0 saturated carbocycles. The Morgan fingerprint density at radius 2 is 1.73 bits per heavy atom. The van der Waals surface area contributed by atoms with Crippen molar-refractivity contribution in [3.05, 3.63) is 53.1 Å². The van der Waals surface area contributed by atoms with E-state index in [0.717, 1.165) is 24.9 Å². The fraction of sp³-hybridized carbons (Fsp3) is 0.550. The monoisotopic (exact) mass is 435 g/mol. The second kappa shape index (κ2) is 6.96. The molecule has 2 aromatic rings. The molecule has 1 aliphatic carbocycles. The summed E-state index contributed by atoms with van der Waals surface area (Å²) in [6.07, 6.45) is -7.03. The Morgan fingerprint density at radius 1 is 1.03 bits per heavy atom. The van der Waals surface area contributed by atoms with Gasteiger partial charge in [-0.3, -0.25) is 4.90 Å². The number of nitrogens with zero attached hydrogens (tertiary/aromatic N) is 3. The van der Waals surface area contributed by atoms with Crippen molar-refractivity contribution < 1.29 is 30.7 Å². The highest BCUT2D eigenvalue weighted by Gasteiger charge is 2.73. The molecule has 1 saturated heterocycles. The van der Waals surface area contributed by atoms with Gasteiger partial charge in [0.05, 0.1) is 6.54 Å². The zero-order valence-corrected chi connectivity index (χ0v) is 16.1. The molecule has 164 valence electrons. The summed E-state index contributed by atoms with van der Waals surface area (Å²) in [5, 5.41) is 0. The van der Waals surface area contributed by atoms with Gasteiger partial charge in [0.1, 0.15) is 5.82 Å². The SMILES string of the molecule is Cn1ccnc1CN1CC[C@H]2c3ccc(C(F)(C(F)(F)F)C(F)(F)F)cc3CCC21. The summed E-state index contributed by atoms with van der Waals surface area (Å²) in [6, 6.07) is 2.77. The fourth-order valence-electron chi connectivity index (χ4n) is 4.78. The Hall–Kier alpha value is -2.10. The molecule has 1 unspecified atom stereocenters. The van der Waals surface area contributed by atoms with Crippen LogP contribution in [0.1, 0.15) is 41.3 Å². The van der Waals surface area contributed by atoms with Crippen LogP contribution < -0.4 is 0 Å². The number of halogens is 7.